The molecule has 1 rings (SSSR count). The molecule has 0 aliphatic heterocycles. The van der Waals surface area contributed by atoms with Gasteiger partial charge in [0, 0.05) is 12.1 Å². The molecule has 0 aromatic heterocycles. The van der Waals surface area contributed by atoms with Crippen LogP contribution in [0.5, 0.6) is 0 Å². The third-order valence-electron chi connectivity index (χ3n) is 2.59. The van der Waals surface area contributed by atoms with E-state index in [0.717, 1.165) is 5.56 Å². The van der Waals surface area contributed by atoms with Crippen molar-refractivity contribution in [1.82, 2.24) is 5.32 Å². The Morgan fingerprint density at radius 2 is 1.67 bits per heavy atom. The molecule has 0 unspecified atom stereocenters. The zero-order valence-corrected chi connectivity index (χ0v) is 12.0. The Morgan fingerprint density at radius 3 is 2.11 bits per heavy atom. The van der Waals surface area contributed by atoms with E-state index in [4.69, 9.17) is 0 Å². The highest BCUT2D eigenvalue weighted by atomic mass is 16.1. The first-order valence-corrected chi connectivity index (χ1v) is 6.41. The normalized spacial score (nSPS) is 12.4. The van der Waals surface area contributed by atoms with Gasteiger partial charge in [0.15, 0.2) is 0 Å². The van der Waals surface area contributed by atoms with Crippen molar-refractivity contribution in [3.05, 3.63) is 41.5 Å². The summed E-state index contributed by atoms with van der Waals surface area (Å²) in [5, 5.41) is 2.80. The van der Waals surface area contributed by atoms with Crippen molar-refractivity contribution in [2.24, 2.45) is 5.41 Å². The molecule has 0 saturated carbocycles. The standard InChI is InChI=1S/C16H23NO/c1-6-17-15(18)14-9-7-13(8-10-14)12(2)11-16(3,4)5/h7-11H,6H2,1-5H3,(H,17,18)/b12-11+. The van der Waals surface area contributed by atoms with Crippen molar-refractivity contribution >= 4 is 11.5 Å². The molecule has 1 amide bonds. The topological polar surface area (TPSA) is 29.1 Å². The summed E-state index contributed by atoms with van der Waals surface area (Å²) in [6.07, 6.45) is 2.24. The highest BCUT2D eigenvalue weighted by Gasteiger charge is 2.08. The summed E-state index contributed by atoms with van der Waals surface area (Å²) in [6, 6.07) is 7.75. The molecule has 1 N–H and O–H groups in total. The lowest BCUT2D eigenvalue weighted by Crippen LogP contribution is -2.22. The van der Waals surface area contributed by atoms with Crippen LogP contribution in [0, 0.1) is 5.41 Å². The summed E-state index contributed by atoms with van der Waals surface area (Å²) in [6.45, 7) is 11.2. The van der Waals surface area contributed by atoms with Crippen LogP contribution in [0.2, 0.25) is 0 Å². The minimum atomic E-state index is -0.0125. The average Bonchev–Trinajstić information content (AvgIpc) is 2.27. The van der Waals surface area contributed by atoms with Gasteiger partial charge < -0.3 is 5.32 Å². The fraction of sp³-hybridized carbons (Fsp3) is 0.438. The van der Waals surface area contributed by atoms with E-state index in [1.165, 1.54) is 5.57 Å². The van der Waals surface area contributed by atoms with E-state index in [1.807, 2.05) is 31.2 Å². The third-order valence-corrected chi connectivity index (χ3v) is 2.59. The van der Waals surface area contributed by atoms with Gasteiger partial charge in [0.05, 0.1) is 0 Å². The van der Waals surface area contributed by atoms with E-state index in [9.17, 15) is 4.79 Å². The minimum Gasteiger partial charge on any atom is -0.352 e. The Bertz CT molecular complexity index is 435. The van der Waals surface area contributed by atoms with Crippen molar-refractivity contribution < 1.29 is 4.79 Å². The SMILES string of the molecule is CCNC(=O)c1ccc(/C(C)=C/C(C)(C)C)cc1. The molecule has 0 bridgehead atoms. The second-order valence-corrected chi connectivity index (χ2v) is 5.63. The maximum Gasteiger partial charge on any atom is 0.251 e. The van der Waals surface area contributed by atoms with Crippen LogP contribution in [0.3, 0.4) is 0 Å². The minimum absolute atomic E-state index is 0.0125. The number of hydrogen-bond donors (Lipinski definition) is 1. The van der Waals surface area contributed by atoms with Crippen LogP contribution in [0.1, 0.15) is 50.5 Å². The van der Waals surface area contributed by atoms with Gasteiger partial charge in [-0.2, -0.15) is 0 Å². The number of carbonyl (C=O) groups excluding carboxylic acids is 1. The zero-order chi connectivity index (χ0) is 13.8. The molecule has 0 aliphatic carbocycles. The van der Waals surface area contributed by atoms with Crippen LogP contribution in [0.4, 0.5) is 0 Å². The second-order valence-electron chi connectivity index (χ2n) is 5.63. The predicted octanol–water partition coefficient (Wildman–Crippen LogP) is 3.89. The zero-order valence-electron chi connectivity index (χ0n) is 12.0. The number of carbonyl (C=O) groups is 1. The lowest BCUT2D eigenvalue weighted by atomic mass is 9.91. The quantitative estimate of drug-likeness (QED) is 0.860. The highest BCUT2D eigenvalue weighted by molar-refractivity contribution is 5.94. The van der Waals surface area contributed by atoms with E-state index < -0.39 is 0 Å². The first kappa shape index (κ1) is 14.5. The molecule has 1 aromatic rings. The van der Waals surface area contributed by atoms with Crippen LogP contribution >= 0.6 is 0 Å². The Balaban J connectivity index is 2.90. The number of rotatable bonds is 3. The second kappa shape index (κ2) is 5.85. The van der Waals surface area contributed by atoms with Crippen LogP contribution in [0.25, 0.3) is 5.57 Å². The van der Waals surface area contributed by atoms with E-state index in [1.54, 1.807) is 0 Å². The highest BCUT2D eigenvalue weighted by Crippen LogP contribution is 2.23. The molecule has 2 heteroatoms. The van der Waals surface area contributed by atoms with Crippen LogP contribution in [-0.4, -0.2) is 12.5 Å². The molecular weight excluding hydrogens is 222 g/mol. The summed E-state index contributed by atoms with van der Waals surface area (Å²) >= 11 is 0. The van der Waals surface area contributed by atoms with Crippen LogP contribution in [0.15, 0.2) is 30.3 Å². The van der Waals surface area contributed by atoms with Gasteiger partial charge in [-0.05, 0) is 42.5 Å². The first-order valence-electron chi connectivity index (χ1n) is 6.41. The average molecular weight is 245 g/mol. The van der Waals surface area contributed by atoms with Crippen molar-refractivity contribution in [3.63, 3.8) is 0 Å². The third kappa shape index (κ3) is 4.36. The lowest BCUT2D eigenvalue weighted by Gasteiger charge is -2.14. The van der Waals surface area contributed by atoms with Crippen molar-refractivity contribution in [1.29, 1.82) is 0 Å². The number of benzene rings is 1. The Hall–Kier alpha value is -1.57. The van der Waals surface area contributed by atoms with Gasteiger partial charge in [0.1, 0.15) is 0 Å². The molecule has 0 radical (unpaired) electrons. The maximum absolute atomic E-state index is 11.6. The monoisotopic (exact) mass is 245 g/mol. The maximum atomic E-state index is 11.6. The van der Waals surface area contributed by atoms with Gasteiger partial charge in [-0.3, -0.25) is 4.79 Å². The predicted molar refractivity (Wildman–Crippen MR) is 77.6 cm³/mol. The van der Waals surface area contributed by atoms with Gasteiger partial charge in [0.2, 0.25) is 0 Å². The number of allylic oxidation sites excluding steroid dienone is 2. The van der Waals surface area contributed by atoms with Gasteiger partial charge in [-0.25, -0.2) is 0 Å². The lowest BCUT2D eigenvalue weighted by molar-refractivity contribution is 0.0956. The summed E-state index contributed by atoms with van der Waals surface area (Å²) in [5.74, 6) is -0.0125. The molecule has 18 heavy (non-hydrogen) atoms. The molecule has 1 aromatic carbocycles. The number of nitrogens with one attached hydrogen (secondary N) is 1. The smallest absolute Gasteiger partial charge is 0.251 e. The molecule has 2 nitrogen and oxygen atoms in total. The fourth-order valence-corrected chi connectivity index (χ4v) is 1.88. The molecule has 0 heterocycles. The van der Waals surface area contributed by atoms with E-state index >= 15 is 0 Å². The number of hydrogen-bond acceptors (Lipinski definition) is 1. The van der Waals surface area contributed by atoms with Crippen molar-refractivity contribution in [2.75, 3.05) is 6.54 Å². The van der Waals surface area contributed by atoms with E-state index in [2.05, 4.69) is 39.1 Å². The van der Waals surface area contributed by atoms with Crippen LogP contribution < -0.4 is 5.32 Å². The Morgan fingerprint density at radius 1 is 1.17 bits per heavy atom. The largest absolute Gasteiger partial charge is 0.352 e. The summed E-state index contributed by atoms with van der Waals surface area (Å²) in [5.41, 5.74) is 3.29. The molecule has 98 valence electrons. The summed E-state index contributed by atoms with van der Waals surface area (Å²) in [7, 11) is 0. The number of amides is 1. The Labute approximate surface area is 110 Å². The molecule has 0 saturated heterocycles. The van der Waals surface area contributed by atoms with Gasteiger partial charge >= 0.3 is 0 Å². The summed E-state index contributed by atoms with van der Waals surface area (Å²) < 4.78 is 0. The first-order chi connectivity index (χ1) is 8.33. The molecule has 0 aliphatic rings. The fourth-order valence-electron chi connectivity index (χ4n) is 1.88. The van der Waals surface area contributed by atoms with Gasteiger partial charge in [0.25, 0.3) is 5.91 Å². The summed E-state index contributed by atoms with van der Waals surface area (Å²) in [4.78, 5) is 11.6. The molecule has 0 atom stereocenters. The van der Waals surface area contributed by atoms with E-state index in [0.29, 0.717) is 12.1 Å². The molecular formula is C16H23NO. The molecule has 0 fully saturated rings. The van der Waals surface area contributed by atoms with Crippen molar-refractivity contribution in [2.45, 2.75) is 34.6 Å². The molecule has 0 spiro atoms. The van der Waals surface area contributed by atoms with Gasteiger partial charge in [-0.15, -0.1) is 0 Å². The van der Waals surface area contributed by atoms with E-state index in [-0.39, 0.29) is 11.3 Å². The van der Waals surface area contributed by atoms with Gasteiger partial charge in [-0.1, -0.05) is 39.0 Å². The Kier molecular flexibility index (Phi) is 4.71. The van der Waals surface area contributed by atoms with Crippen LogP contribution in [-0.2, 0) is 0 Å². The van der Waals surface area contributed by atoms with Crippen molar-refractivity contribution in [3.8, 4) is 0 Å².